The summed E-state index contributed by atoms with van der Waals surface area (Å²) in [7, 11) is 0. The first-order valence-corrected chi connectivity index (χ1v) is 6.37. The summed E-state index contributed by atoms with van der Waals surface area (Å²) in [5, 5.41) is 3.45. The molecular formula is C13H18BrN. The van der Waals surface area contributed by atoms with Crippen molar-refractivity contribution < 1.29 is 0 Å². The molecule has 0 saturated carbocycles. The van der Waals surface area contributed by atoms with Crippen molar-refractivity contribution in [2.45, 2.75) is 25.7 Å². The van der Waals surface area contributed by atoms with E-state index in [2.05, 4.69) is 59.4 Å². The zero-order valence-electron chi connectivity index (χ0n) is 9.39. The van der Waals surface area contributed by atoms with Crippen LogP contribution >= 0.6 is 15.9 Å². The number of nitrogens with one attached hydrogen (secondary N) is 1. The first kappa shape index (κ1) is 11.2. The molecule has 15 heavy (non-hydrogen) atoms. The third kappa shape index (κ3) is 2.11. The molecule has 1 aromatic carbocycles. The molecule has 0 amide bonds. The second kappa shape index (κ2) is 4.26. The monoisotopic (exact) mass is 267 g/mol. The van der Waals surface area contributed by atoms with Gasteiger partial charge in [-0.2, -0.15) is 0 Å². The van der Waals surface area contributed by atoms with Crippen LogP contribution in [-0.4, -0.2) is 13.1 Å². The summed E-state index contributed by atoms with van der Waals surface area (Å²) >= 11 is 3.66. The lowest BCUT2D eigenvalue weighted by Crippen LogP contribution is -2.30. The van der Waals surface area contributed by atoms with Gasteiger partial charge in [-0.15, -0.1) is 0 Å². The zero-order chi connectivity index (χ0) is 10.9. The highest BCUT2D eigenvalue weighted by Gasteiger charge is 2.34. The van der Waals surface area contributed by atoms with Crippen LogP contribution in [0.15, 0.2) is 28.7 Å². The van der Waals surface area contributed by atoms with Crippen LogP contribution in [0.25, 0.3) is 0 Å². The first-order valence-electron chi connectivity index (χ1n) is 5.58. The molecule has 0 aromatic heterocycles. The van der Waals surface area contributed by atoms with Gasteiger partial charge in [-0.05, 0) is 42.5 Å². The largest absolute Gasteiger partial charge is 0.316 e. The maximum Gasteiger partial charge on any atom is 0.0212 e. The molecule has 1 heterocycles. The Hall–Kier alpha value is -0.340. The van der Waals surface area contributed by atoms with E-state index < -0.39 is 0 Å². The number of rotatable bonds is 2. The minimum absolute atomic E-state index is 0.254. The molecule has 1 saturated heterocycles. The van der Waals surface area contributed by atoms with Gasteiger partial charge in [-0.1, -0.05) is 48.0 Å². The Labute approximate surface area is 100 Å². The smallest absolute Gasteiger partial charge is 0.0212 e. The third-order valence-electron chi connectivity index (χ3n) is 3.65. The van der Waals surface area contributed by atoms with E-state index in [4.69, 9.17) is 0 Å². The minimum Gasteiger partial charge on any atom is -0.316 e. The Morgan fingerprint density at radius 2 is 2.07 bits per heavy atom. The highest BCUT2D eigenvalue weighted by atomic mass is 79.9. The van der Waals surface area contributed by atoms with Gasteiger partial charge in [0.2, 0.25) is 0 Å². The van der Waals surface area contributed by atoms with Gasteiger partial charge in [0.1, 0.15) is 0 Å². The van der Waals surface area contributed by atoms with Gasteiger partial charge in [-0.3, -0.25) is 0 Å². The topological polar surface area (TPSA) is 12.0 Å². The fourth-order valence-corrected chi connectivity index (χ4v) is 3.27. The summed E-state index contributed by atoms with van der Waals surface area (Å²) < 4.78 is 1.24. The van der Waals surface area contributed by atoms with E-state index in [-0.39, 0.29) is 5.41 Å². The number of hydrogen-bond acceptors (Lipinski definition) is 1. The van der Waals surface area contributed by atoms with Gasteiger partial charge in [0.15, 0.2) is 0 Å². The van der Waals surface area contributed by atoms with E-state index in [1.54, 1.807) is 0 Å². The quantitative estimate of drug-likeness (QED) is 0.867. The Balaban J connectivity index is 2.31. The Kier molecular flexibility index (Phi) is 3.17. The maximum absolute atomic E-state index is 3.66. The first-order chi connectivity index (χ1) is 7.12. The van der Waals surface area contributed by atoms with Crippen molar-refractivity contribution in [3.8, 4) is 0 Å². The van der Waals surface area contributed by atoms with E-state index >= 15 is 0 Å². The Bertz CT molecular complexity index is 340. The van der Waals surface area contributed by atoms with Gasteiger partial charge < -0.3 is 5.32 Å². The van der Waals surface area contributed by atoms with Crippen molar-refractivity contribution in [2.24, 2.45) is 5.92 Å². The van der Waals surface area contributed by atoms with E-state index in [9.17, 15) is 0 Å². The highest BCUT2D eigenvalue weighted by molar-refractivity contribution is 9.10. The summed E-state index contributed by atoms with van der Waals surface area (Å²) in [5.41, 5.74) is 1.68. The fraction of sp³-hybridized carbons (Fsp3) is 0.538. The molecule has 1 aliphatic heterocycles. The van der Waals surface area contributed by atoms with Crippen LogP contribution in [0.3, 0.4) is 0 Å². The molecule has 0 aliphatic carbocycles. The van der Waals surface area contributed by atoms with Crippen molar-refractivity contribution in [2.75, 3.05) is 13.1 Å². The van der Waals surface area contributed by atoms with Crippen molar-refractivity contribution in [1.82, 2.24) is 5.32 Å². The van der Waals surface area contributed by atoms with Crippen molar-refractivity contribution in [3.05, 3.63) is 34.3 Å². The third-order valence-corrected chi connectivity index (χ3v) is 4.34. The molecule has 82 valence electrons. The molecule has 1 N–H and O–H groups in total. The Morgan fingerprint density at radius 3 is 2.67 bits per heavy atom. The van der Waals surface area contributed by atoms with Gasteiger partial charge in [0.05, 0.1) is 0 Å². The summed E-state index contributed by atoms with van der Waals surface area (Å²) in [6.07, 6.45) is 1.29. The van der Waals surface area contributed by atoms with Gasteiger partial charge in [-0.25, -0.2) is 0 Å². The van der Waals surface area contributed by atoms with E-state index in [0.717, 1.165) is 12.5 Å². The second-order valence-corrected chi connectivity index (χ2v) is 5.75. The molecule has 1 aliphatic rings. The number of hydrogen-bond donors (Lipinski definition) is 1. The van der Waals surface area contributed by atoms with E-state index in [0.29, 0.717) is 0 Å². The molecule has 2 rings (SSSR count). The summed E-state index contributed by atoms with van der Waals surface area (Å²) in [6, 6.07) is 8.59. The van der Waals surface area contributed by atoms with Crippen LogP contribution in [0.4, 0.5) is 0 Å². The summed E-state index contributed by atoms with van der Waals surface area (Å²) in [5.74, 6) is 0.746. The summed E-state index contributed by atoms with van der Waals surface area (Å²) in [6.45, 7) is 7.02. The maximum atomic E-state index is 3.66. The van der Waals surface area contributed by atoms with Gasteiger partial charge in [0.25, 0.3) is 0 Å². The van der Waals surface area contributed by atoms with Crippen LogP contribution < -0.4 is 5.32 Å². The van der Waals surface area contributed by atoms with Crippen LogP contribution in [0, 0.1) is 5.92 Å². The van der Waals surface area contributed by atoms with Crippen LogP contribution in [0.5, 0.6) is 0 Å². The standard InChI is InChI=1S/C13H18BrN/c1-13(2,10-7-8-15-9-10)11-5-3-4-6-12(11)14/h3-6,10,15H,7-9H2,1-2H3. The predicted molar refractivity (Wildman–Crippen MR) is 68.1 cm³/mol. The minimum atomic E-state index is 0.254. The molecule has 1 unspecified atom stereocenters. The van der Waals surface area contributed by atoms with Crippen LogP contribution in [0.1, 0.15) is 25.8 Å². The molecule has 0 spiro atoms. The molecule has 1 fully saturated rings. The lowest BCUT2D eigenvalue weighted by Gasteiger charge is -2.32. The van der Waals surface area contributed by atoms with E-state index in [1.165, 1.54) is 23.0 Å². The Morgan fingerprint density at radius 1 is 1.33 bits per heavy atom. The van der Waals surface area contributed by atoms with Crippen molar-refractivity contribution in [3.63, 3.8) is 0 Å². The normalized spacial score (nSPS) is 21.9. The molecular weight excluding hydrogens is 250 g/mol. The molecule has 2 heteroatoms. The molecule has 1 aromatic rings. The molecule has 1 atom stereocenters. The van der Waals surface area contributed by atoms with Crippen molar-refractivity contribution in [1.29, 1.82) is 0 Å². The van der Waals surface area contributed by atoms with Crippen LogP contribution in [0.2, 0.25) is 0 Å². The van der Waals surface area contributed by atoms with Crippen molar-refractivity contribution >= 4 is 15.9 Å². The number of benzene rings is 1. The molecule has 1 nitrogen and oxygen atoms in total. The second-order valence-electron chi connectivity index (χ2n) is 4.89. The molecule has 0 bridgehead atoms. The zero-order valence-corrected chi connectivity index (χ0v) is 11.0. The average molecular weight is 268 g/mol. The molecule has 0 radical (unpaired) electrons. The van der Waals surface area contributed by atoms with Crippen LogP contribution in [-0.2, 0) is 5.41 Å². The SMILES string of the molecule is CC(C)(c1ccccc1Br)C1CCNC1. The van der Waals surface area contributed by atoms with Gasteiger partial charge >= 0.3 is 0 Å². The van der Waals surface area contributed by atoms with E-state index in [1.807, 2.05) is 0 Å². The lowest BCUT2D eigenvalue weighted by molar-refractivity contribution is 0.342. The van der Waals surface area contributed by atoms with Gasteiger partial charge in [0, 0.05) is 4.47 Å². The predicted octanol–water partition coefficient (Wildman–Crippen LogP) is 3.34. The summed E-state index contributed by atoms with van der Waals surface area (Å²) in [4.78, 5) is 0. The average Bonchev–Trinajstić information content (AvgIpc) is 2.71. The fourth-order valence-electron chi connectivity index (χ4n) is 2.47. The number of halogens is 1. The highest BCUT2D eigenvalue weighted by Crippen LogP contribution is 2.38. The lowest BCUT2D eigenvalue weighted by atomic mass is 9.73.